The maximum Gasteiger partial charge on any atom is 0.242 e. The molecule has 1 saturated carbocycles. The first kappa shape index (κ1) is 27.7. The lowest BCUT2D eigenvalue weighted by Gasteiger charge is -2.31. The van der Waals surface area contributed by atoms with Crippen LogP contribution in [0.15, 0.2) is 54.6 Å². The Bertz CT molecular complexity index is 1110. The van der Waals surface area contributed by atoms with Gasteiger partial charge in [0.1, 0.15) is 6.04 Å². The highest BCUT2D eigenvalue weighted by Crippen LogP contribution is 2.23. The van der Waals surface area contributed by atoms with Gasteiger partial charge in [0.25, 0.3) is 0 Å². The third-order valence-electron chi connectivity index (χ3n) is 6.85. The molecule has 2 amide bonds. The number of anilines is 1. The number of hydrogen-bond donors (Lipinski definition) is 1. The van der Waals surface area contributed by atoms with E-state index in [2.05, 4.69) is 5.32 Å². The van der Waals surface area contributed by atoms with Crippen molar-refractivity contribution in [2.75, 3.05) is 17.1 Å². The molecular formula is C28H39N3O4S. The number of sulfonamides is 1. The summed E-state index contributed by atoms with van der Waals surface area (Å²) in [5.74, 6) is -0.299. The van der Waals surface area contributed by atoms with Crippen molar-refractivity contribution in [3.05, 3.63) is 65.7 Å². The molecule has 0 unspecified atom stereocenters. The Kier molecular flexibility index (Phi) is 9.93. The lowest BCUT2D eigenvalue weighted by Crippen LogP contribution is -2.50. The molecule has 2 aromatic rings. The van der Waals surface area contributed by atoms with Gasteiger partial charge in [-0.25, -0.2) is 8.42 Å². The highest BCUT2D eigenvalue weighted by molar-refractivity contribution is 7.92. The zero-order chi connectivity index (χ0) is 26.1. The molecule has 1 aliphatic carbocycles. The predicted molar refractivity (Wildman–Crippen MR) is 144 cm³/mol. The van der Waals surface area contributed by atoms with Crippen molar-refractivity contribution in [2.45, 2.75) is 77.4 Å². The Labute approximate surface area is 215 Å². The van der Waals surface area contributed by atoms with Gasteiger partial charge in [-0.15, -0.1) is 0 Å². The summed E-state index contributed by atoms with van der Waals surface area (Å²) in [5.41, 5.74) is 2.42. The van der Waals surface area contributed by atoms with Gasteiger partial charge in [0, 0.05) is 25.6 Å². The molecule has 0 saturated heterocycles. The lowest BCUT2D eigenvalue weighted by atomic mass is 9.95. The number of amides is 2. The van der Waals surface area contributed by atoms with Crippen molar-refractivity contribution in [2.24, 2.45) is 0 Å². The molecule has 196 valence electrons. The van der Waals surface area contributed by atoms with Crippen LogP contribution in [-0.2, 0) is 26.2 Å². The van der Waals surface area contributed by atoms with Crippen molar-refractivity contribution in [3.63, 3.8) is 0 Å². The molecule has 0 spiro atoms. The van der Waals surface area contributed by atoms with Gasteiger partial charge in [0.15, 0.2) is 0 Å². The van der Waals surface area contributed by atoms with Gasteiger partial charge < -0.3 is 10.2 Å². The first-order valence-corrected chi connectivity index (χ1v) is 14.7. The number of nitrogens with one attached hydrogen (secondary N) is 1. The summed E-state index contributed by atoms with van der Waals surface area (Å²) in [4.78, 5) is 28.1. The molecule has 7 nitrogen and oxygen atoms in total. The number of para-hydroxylation sites is 1. The second-order valence-electron chi connectivity index (χ2n) is 9.75. The van der Waals surface area contributed by atoms with Gasteiger partial charge in [0.05, 0.1) is 11.9 Å². The molecule has 2 aromatic carbocycles. The van der Waals surface area contributed by atoms with Crippen LogP contribution in [0.25, 0.3) is 0 Å². The van der Waals surface area contributed by atoms with E-state index in [-0.39, 0.29) is 30.8 Å². The normalized spacial score (nSPS) is 15.2. The molecule has 8 heteroatoms. The monoisotopic (exact) mass is 513 g/mol. The van der Waals surface area contributed by atoms with E-state index in [0.29, 0.717) is 18.7 Å². The van der Waals surface area contributed by atoms with Crippen LogP contribution >= 0.6 is 0 Å². The van der Waals surface area contributed by atoms with Crippen LogP contribution in [0.3, 0.4) is 0 Å². The Morgan fingerprint density at radius 1 is 1.00 bits per heavy atom. The van der Waals surface area contributed by atoms with Crippen molar-refractivity contribution in [3.8, 4) is 0 Å². The van der Waals surface area contributed by atoms with Gasteiger partial charge in [-0.2, -0.15) is 0 Å². The van der Waals surface area contributed by atoms with Crippen molar-refractivity contribution in [1.29, 1.82) is 0 Å². The molecule has 1 aliphatic rings. The molecule has 3 rings (SSSR count). The van der Waals surface area contributed by atoms with Gasteiger partial charge in [-0.3, -0.25) is 13.9 Å². The third kappa shape index (κ3) is 7.82. The first-order chi connectivity index (χ1) is 17.2. The van der Waals surface area contributed by atoms with Crippen LogP contribution in [-0.4, -0.2) is 50.0 Å². The molecule has 0 aromatic heterocycles. The first-order valence-electron chi connectivity index (χ1n) is 12.8. The maximum absolute atomic E-state index is 13.4. The van der Waals surface area contributed by atoms with Gasteiger partial charge in [-0.1, -0.05) is 67.8 Å². The lowest BCUT2D eigenvalue weighted by molar-refractivity contribution is -0.141. The van der Waals surface area contributed by atoms with Crippen molar-refractivity contribution >= 4 is 27.5 Å². The Hall–Kier alpha value is -2.87. The Morgan fingerprint density at radius 3 is 2.28 bits per heavy atom. The smallest absolute Gasteiger partial charge is 0.242 e. The fraction of sp³-hybridized carbons (Fsp3) is 0.500. The number of rotatable bonds is 11. The second-order valence-corrected chi connectivity index (χ2v) is 11.7. The Morgan fingerprint density at radius 2 is 1.64 bits per heavy atom. The summed E-state index contributed by atoms with van der Waals surface area (Å²) < 4.78 is 26.4. The largest absolute Gasteiger partial charge is 0.352 e. The summed E-state index contributed by atoms with van der Waals surface area (Å²) in [6, 6.07) is 16.5. The molecule has 36 heavy (non-hydrogen) atoms. The van der Waals surface area contributed by atoms with E-state index in [1.165, 1.54) is 17.0 Å². The fourth-order valence-corrected chi connectivity index (χ4v) is 5.78. The third-order valence-corrected chi connectivity index (χ3v) is 8.03. The van der Waals surface area contributed by atoms with Gasteiger partial charge >= 0.3 is 0 Å². The predicted octanol–water partition coefficient (Wildman–Crippen LogP) is 4.41. The molecule has 1 N–H and O–H groups in total. The van der Waals surface area contributed by atoms with Crippen LogP contribution in [0.2, 0.25) is 0 Å². The van der Waals surface area contributed by atoms with E-state index in [1.54, 1.807) is 24.0 Å². The number of aryl methyl sites for hydroxylation is 1. The molecule has 0 aliphatic heterocycles. The summed E-state index contributed by atoms with van der Waals surface area (Å²) in [6.45, 7) is 4.16. The minimum absolute atomic E-state index is 0.135. The number of benzene rings is 2. The van der Waals surface area contributed by atoms with Gasteiger partial charge in [-0.05, 0) is 50.3 Å². The van der Waals surface area contributed by atoms with Gasteiger partial charge in [0.2, 0.25) is 21.8 Å². The zero-order valence-electron chi connectivity index (χ0n) is 21.7. The molecule has 1 atom stereocenters. The number of hydrogen-bond acceptors (Lipinski definition) is 4. The molecule has 0 radical (unpaired) electrons. The fourth-order valence-electron chi connectivity index (χ4n) is 4.76. The molecule has 0 heterocycles. The maximum atomic E-state index is 13.4. The zero-order valence-corrected chi connectivity index (χ0v) is 22.5. The average molecular weight is 514 g/mol. The number of carbonyl (C=O) groups excluding carboxylic acids is 2. The highest BCUT2D eigenvalue weighted by Gasteiger charge is 2.28. The van der Waals surface area contributed by atoms with Crippen LogP contribution < -0.4 is 9.62 Å². The van der Waals surface area contributed by atoms with Crippen molar-refractivity contribution < 1.29 is 18.0 Å². The number of carbonyl (C=O) groups is 2. The number of nitrogens with zero attached hydrogens (tertiary/aromatic N) is 2. The average Bonchev–Trinajstić information content (AvgIpc) is 2.86. The van der Waals surface area contributed by atoms with E-state index in [9.17, 15) is 18.0 Å². The van der Waals surface area contributed by atoms with E-state index in [4.69, 9.17) is 0 Å². The summed E-state index contributed by atoms with van der Waals surface area (Å²) in [7, 11) is -3.51. The van der Waals surface area contributed by atoms with E-state index in [1.807, 2.05) is 49.4 Å². The summed E-state index contributed by atoms with van der Waals surface area (Å²) >= 11 is 0. The van der Waals surface area contributed by atoms with E-state index >= 15 is 0 Å². The summed E-state index contributed by atoms with van der Waals surface area (Å²) in [6.07, 6.45) is 7.06. The quantitative estimate of drug-likeness (QED) is 0.482. The Balaban J connectivity index is 1.70. The van der Waals surface area contributed by atoms with E-state index < -0.39 is 16.1 Å². The standard InChI is InChI=1S/C28H39N3O4S/c1-22-13-10-11-18-26(22)31(36(3,34)35)20-12-19-27(32)30(21-24-14-6-4-7-15-24)23(2)28(33)29-25-16-8-5-9-17-25/h4,6-7,10-11,13-15,18,23,25H,5,8-9,12,16-17,19-21H2,1-3H3,(H,29,33)/t23-/m0/s1. The minimum atomic E-state index is -3.51. The topological polar surface area (TPSA) is 86.8 Å². The molecule has 0 bridgehead atoms. The molecule has 1 fully saturated rings. The van der Waals surface area contributed by atoms with Crippen LogP contribution in [0.4, 0.5) is 5.69 Å². The highest BCUT2D eigenvalue weighted by atomic mass is 32.2. The summed E-state index contributed by atoms with van der Waals surface area (Å²) in [5, 5.41) is 3.14. The van der Waals surface area contributed by atoms with E-state index in [0.717, 1.165) is 36.8 Å². The van der Waals surface area contributed by atoms with Crippen molar-refractivity contribution in [1.82, 2.24) is 10.2 Å². The van der Waals surface area contributed by atoms with Crippen LogP contribution in [0, 0.1) is 6.92 Å². The van der Waals surface area contributed by atoms with Crippen LogP contribution in [0.5, 0.6) is 0 Å². The van der Waals surface area contributed by atoms with Crippen LogP contribution in [0.1, 0.15) is 63.0 Å². The second kappa shape index (κ2) is 12.9. The molecular weight excluding hydrogens is 474 g/mol. The SMILES string of the molecule is Cc1ccccc1N(CCCC(=O)N(Cc1ccccc1)[C@@H](C)C(=O)NC1CCCCC1)S(C)(=O)=O. The minimum Gasteiger partial charge on any atom is -0.352 e.